The number of piperidine rings is 1. The first-order chi connectivity index (χ1) is 9.81. The topological polar surface area (TPSA) is 58.2 Å². The van der Waals surface area contributed by atoms with Crippen molar-refractivity contribution in [2.75, 3.05) is 13.1 Å². The van der Waals surface area contributed by atoms with Crippen LogP contribution in [0, 0.1) is 5.92 Å². The fraction of sp³-hybridized carbons (Fsp3) is 0.538. The van der Waals surface area contributed by atoms with E-state index in [9.17, 15) is 8.42 Å². The minimum atomic E-state index is -3.79. The van der Waals surface area contributed by atoms with E-state index in [4.69, 9.17) is 34.8 Å². The third-order valence-corrected chi connectivity index (χ3v) is 6.31. The molecule has 2 N–H and O–H groups in total. The Kier molecular flexibility index (Phi) is 7.73. The molecular weight excluding hydrogens is 390 g/mol. The zero-order chi connectivity index (χ0) is 15.6. The number of hydrogen-bond donors (Lipinski definition) is 2. The smallest absolute Gasteiger partial charge is 0.243 e. The van der Waals surface area contributed by atoms with Crippen molar-refractivity contribution in [2.45, 2.75) is 30.7 Å². The van der Waals surface area contributed by atoms with Crippen molar-refractivity contribution in [2.24, 2.45) is 5.92 Å². The van der Waals surface area contributed by atoms with Gasteiger partial charge in [-0.1, -0.05) is 34.8 Å². The molecule has 0 aromatic heterocycles. The van der Waals surface area contributed by atoms with Gasteiger partial charge in [0.05, 0.1) is 10.0 Å². The zero-order valence-corrected chi connectivity index (χ0v) is 15.8. The van der Waals surface area contributed by atoms with Gasteiger partial charge in [-0.2, -0.15) is 0 Å². The summed E-state index contributed by atoms with van der Waals surface area (Å²) in [5.74, 6) is 0.248. The van der Waals surface area contributed by atoms with Crippen molar-refractivity contribution < 1.29 is 8.42 Å². The fourth-order valence-electron chi connectivity index (χ4n) is 2.49. The first-order valence-electron chi connectivity index (χ1n) is 6.69. The SMILES string of the molecule is CC(NS(=O)(=O)c1c(Cl)cc(Cl)cc1Cl)C1CCCNC1.Cl. The van der Waals surface area contributed by atoms with Crippen molar-refractivity contribution in [1.82, 2.24) is 10.0 Å². The molecular formula is C13H18Cl4N2O2S. The van der Waals surface area contributed by atoms with Crippen molar-refractivity contribution in [3.05, 3.63) is 27.2 Å². The normalized spacial score (nSPS) is 20.3. The summed E-state index contributed by atoms with van der Waals surface area (Å²) in [4.78, 5) is -0.120. The minimum Gasteiger partial charge on any atom is -0.316 e. The molecule has 2 rings (SSSR count). The van der Waals surface area contributed by atoms with Crippen molar-refractivity contribution in [3.63, 3.8) is 0 Å². The highest BCUT2D eigenvalue weighted by Gasteiger charge is 2.28. The molecule has 0 bridgehead atoms. The summed E-state index contributed by atoms with van der Waals surface area (Å²) in [5, 5.41) is 3.61. The molecule has 126 valence electrons. The lowest BCUT2D eigenvalue weighted by Crippen LogP contribution is -2.44. The van der Waals surface area contributed by atoms with E-state index < -0.39 is 10.0 Å². The molecule has 2 atom stereocenters. The molecule has 0 spiro atoms. The van der Waals surface area contributed by atoms with E-state index in [2.05, 4.69) is 10.0 Å². The van der Waals surface area contributed by atoms with Gasteiger partial charge in [0.15, 0.2) is 0 Å². The van der Waals surface area contributed by atoms with E-state index in [1.807, 2.05) is 6.92 Å². The Morgan fingerprint density at radius 2 is 1.86 bits per heavy atom. The molecule has 1 aromatic carbocycles. The van der Waals surface area contributed by atoms with E-state index in [0.717, 1.165) is 25.9 Å². The Balaban J connectivity index is 0.00000242. The van der Waals surface area contributed by atoms with Crippen LogP contribution in [-0.2, 0) is 10.0 Å². The second-order valence-corrected chi connectivity index (χ2v) is 8.12. The van der Waals surface area contributed by atoms with Crippen LogP contribution < -0.4 is 10.0 Å². The summed E-state index contributed by atoms with van der Waals surface area (Å²) in [6, 6.07) is 2.54. The van der Waals surface area contributed by atoms with Crippen LogP contribution in [0.15, 0.2) is 17.0 Å². The van der Waals surface area contributed by atoms with Gasteiger partial charge in [0.25, 0.3) is 0 Å². The Hall–Kier alpha value is 0.250. The van der Waals surface area contributed by atoms with Gasteiger partial charge in [-0.05, 0) is 50.9 Å². The summed E-state index contributed by atoms with van der Waals surface area (Å²) >= 11 is 17.8. The first kappa shape index (κ1) is 20.3. The predicted molar refractivity (Wildman–Crippen MR) is 94.1 cm³/mol. The summed E-state index contributed by atoms with van der Waals surface area (Å²) in [7, 11) is -3.79. The van der Waals surface area contributed by atoms with E-state index >= 15 is 0 Å². The lowest BCUT2D eigenvalue weighted by atomic mass is 9.94. The average molecular weight is 408 g/mol. The number of sulfonamides is 1. The van der Waals surface area contributed by atoms with Gasteiger partial charge in [-0.3, -0.25) is 0 Å². The van der Waals surface area contributed by atoms with Gasteiger partial charge < -0.3 is 5.32 Å². The maximum atomic E-state index is 12.5. The Morgan fingerprint density at radius 3 is 2.36 bits per heavy atom. The summed E-state index contributed by atoms with van der Waals surface area (Å²) in [6.07, 6.45) is 2.03. The van der Waals surface area contributed by atoms with Crippen molar-refractivity contribution in [3.8, 4) is 0 Å². The van der Waals surface area contributed by atoms with Crippen LogP contribution in [0.4, 0.5) is 0 Å². The first-order valence-corrected chi connectivity index (χ1v) is 9.30. The van der Waals surface area contributed by atoms with E-state index in [1.165, 1.54) is 12.1 Å². The number of halogens is 4. The minimum absolute atomic E-state index is 0. The maximum Gasteiger partial charge on any atom is 0.243 e. The number of nitrogens with one attached hydrogen (secondary N) is 2. The van der Waals surface area contributed by atoms with Gasteiger partial charge in [0.1, 0.15) is 4.90 Å². The van der Waals surface area contributed by atoms with E-state index in [-0.39, 0.29) is 39.3 Å². The fourth-order valence-corrected chi connectivity index (χ4v) is 5.35. The van der Waals surface area contributed by atoms with E-state index in [1.54, 1.807) is 0 Å². The van der Waals surface area contributed by atoms with Crippen LogP contribution in [0.25, 0.3) is 0 Å². The number of rotatable bonds is 4. The second kappa shape index (κ2) is 8.38. The number of hydrogen-bond acceptors (Lipinski definition) is 3. The molecule has 0 saturated carbocycles. The molecule has 1 aliphatic rings. The summed E-state index contributed by atoms with van der Waals surface area (Å²) < 4.78 is 27.7. The molecule has 9 heteroatoms. The molecule has 1 saturated heterocycles. The van der Waals surface area contributed by atoms with Crippen LogP contribution in [-0.4, -0.2) is 27.5 Å². The molecule has 1 fully saturated rings. The van der Waals surface area contributed by atoms with Gasteiger partial charge in [-0.15, -0.1) is 12.4 Å². The van der Waals surface area contributed by atoms with E-state index in [0.29, 0.717) is 5.02 Å². The lowest BCUT2D eigenvalue weighted by molar-refractivity contribution is 0.320. The molecule has 1 aromatic rings. The third-order valence-electron chi connectivity index (χ3n) is 3.61. The highest BCUT2D eigenvalue weighted by Crippen LogP contribution is 2.33. The highest BCUT2D eigenvalue weighted by atomic mass is 35.5. The lowest BCUT2D eigenvalue weighted by Gasteiger charge is -2.29. The molecule has 0 radical (unpaired) electrons. The predicted octanol–water partition coefficient (Wildman–Crippen LogP) is 3.74. The van der Waals surface area contributed by atoms with Crippen LogP contribution in [0.3, 0.4) is 0 Å². The Bertz CT molecular complexity index is 595. The monoisotopic (exact) mass is 406 g/mol. The zero-order valence-electron chi connectivity index (χ0n) is 11.9. The van der Waals surface area contributed by atoms with Crippen LogP contribution in [0.1, 0.15) is 19.8 Å². The van der Waals surface area contributed by atoms with Gasteiger partial charge in [0.2, 0.25) is 10.0 Å². The van der Waals surface area contributed by atoms with Crippen molar-refractivity contribution >= 4 is 57.2 Å². The molecule has 22 heavy (non-hydrogen) atoms. The molecule has 0 aliphatic carbocycles. The molecule has 1 heterocycles. The molecule has 0 amide bonds. The largest absolute Gasteiger partial charge is 0.316 e. The second-order valence-electron chi connectivity index (χ2n) is 5.21. The quantitative estimate of drug-likeness (QED) is 0.799. The van der Waals surface area contributed by atoms with Crippen LogP contribution in [0.5, 0.6) is 0 Å². The third kappa shape index (κ3) is 4.87. The summed E-state index contributed by atoms with van der Waals surface area (Å²) in [5.41, 5.74) is 0. The van der Waals surface area contributed by atoms with Gasteiger partial charge >= 0.3 is 0 Å². The van der Waals surface area contributed by atoms with Crippen LogP contribution >= 0.6 is 47.2 Å². The van der Waals surface area contributed by atoms with Gasteiger partial charge in [0, 0.05) is 11.1 Å². The van der Waals surface area contributed by atoms with Crippen molar-refractivity contribution in [1.29, 1.82) is 0 Å². The highest BCUT2D eigenvalue weighted by molar-refractivity contribution is 7.89. The molecule has 1 aliphatic heterocycles. The summed E-state index contributed by atoms with van der Waals surface area (Å²) in [6.45, 7) is 3.63. The maximum absolute atomic E-state index is 12.5. The van der Waals surface area contributed by atoms with Gasteiger partial charge in [-0.25, -0.2) is 13.1 Å². The molecule has 4 nitrogen and oxygen atoms in total. The average Bonchev–Trinajstić information content (AvgIpc) is 2.37. The Morgan fingerprint density at radius 1 is 1.27 bits per heavy atom. The standard InChI is InChI=1S/C13H17Cl3N2O2S.ClH/c1-8(9-3-2-4-17-7-9)18-21(19,20)13-11(15)5-10(14)6-12(13)16;/h5-6,8-9,17-18H,2-4,7H2,1H3;1H. The Labute approximate surface area is 152 Å². The van der Waals surface area contributed by atoms with Crippen LogP contribution in [0.2, 0.25) is 15.1 Å². The molecule has 2 unspecified atom stereocenters. The number of benzene rings is 1.